The van der Waals surface area contributed by atoms with Crippen molar-refractivity contribution in [3.8, 4) is 11.5 Å². The monoisotopic (exact) mass is 328 g/mol. The summed E-state index contributed by atoms with van der Waals surface area (Å²) in [6.45, 7) is 0.533. The Morgan fingerprint density at radius 3 is 2.38 bits per heavy atom. The van der Waals surface area contributed by atoms with Gasteiger partial charge in [0.05, 0.1) is 19.6 Å². The zero-order chi connectivity index (χ0) is 17.0. The normalized spacial score (nSPS) is 15.9. The first-order valence-corrected chi connectivity index (χ1v) is 8.31. The van der Waals surface area contributed by atoms with Crippen LogP contribution < -0.4 is 14.8 Å². The number of rotatable bonds is 6. The van der Waals surface area contributed by atoms with Crippen molar-refractivity contribution in [1.29, 1.82) is 0 Å². The maximum Gasteiger partial charge on any atom is 0.230 e. The fraction of sp³-hybridized carbons (Fsp3) is 0.421. The summed E-state index contributed by atoms with van der Waals surface area (Å²) >= 11 is 0. The highest BCUT2D eigenvalue weighted by molar-refractivity contribution is 5.88. The fourth-order valence-electron chi connectivity index (χ4n) is 3.53. The van der Waals surface area contributed by atoms with Crippen molar-refractivity contribution >= 4 is 5.91 Å². The third kappa shape index (κ3) is 3.11. The minimum absolute atomic E-state index is 0.0801. The average molecular weight is 328 g/mol. The van der Waals surface area contributed by atoms with Gasteiger partial charge in [-0.05, 0) is 42.2 Å². The van der Waals surface area contributed by atoms with Gasteiger partial charge in [-0.15, -0.1) is 0 Å². The number of ether oxygens (including phenoxy) is 2. The fourth-order valence-corrected chi connectivity index (χ4v) is 3.53. The Hall–Kier alpha value is -2.43. The van der Waals surface area contributed by atoms with Gasteiger partial charge in [0.1, 0.15) is 11.5 Å². The molecular weight excluding hydrogens is 304 g/mol. The first-order chi connectivity index (χ1) is 11.7. The maximum atomic E-state index is 13.1. The van der Waals surface area contributed by atoms with Crippen molar-refractivity contribution in [3.05, 3.63) is 47.8 Å². The third-order valence-corrected chi connectivity index (χ3v) is 4.91. The number of methoxy groups -OCH3 is 2. The summed E-state index contributed by atoms with van der Waals surface area (Å²) in [5, 5.41) is 3.10. The van der Waals surface area contributed by atoms with Crippen LogP contribution in [0.15, 0.2) is 36.7 Å². The summed E-state index contributed by atoms with van der Waals surface area (Å²) < 4.78 is 10.8. The van der Waals surface area contributed by atoms with Crippen molar-refractivity contribution in [2.45, 2.75) is 37.6 Å². The van der Waals surface area contributed by atoms with Gasteiger partial charge in [-0.25, -0.2) is 0 Å². The number of hydrogen-bond acceptors (Lipinski definition) is 3. The second-order valence-corrected chi connectivity index (χ2v) is 6.29. The summed E-state index contributed by atoms with van der Waals surface area (Å²) in [6, 6.07) is 7.73. The molecule has 0 bridgehead atoms. The lowest BCUT2D eigenvalue weighted by Crippen LogP contribution is -2.42. The number of aromatic nitrogens is 1. The summed E-state index contributed by atoms with van der Waals surface area (Å²) in [4.78, 5) is 16.1. The zero-order valence-corrected chi connectivity index (χ0v) is 14.2. The standard InChI is InChI=1S/C19H24N2O3/c1-23-16-9-15(10-17(11-16)24-2)19(6-3-4-7-19)18(22)21-13-14-5-8-20-12-14/h5,8-12,20H,3-4,6-7,13H2,1-2H3,(H,21,22). The molecule has 5 heteroatoms. The molecule has 0 aliphatic heterocycles. The van der Waals surface area contributed by atoms with Crippen molar-refractivity contribution in [3.63, 3.8) is 0 Å². The molecule has 3 rings (SSSR count). The predicted molar refractivity (Wildman–Crippen MR) is 92.3 cm³/mol. The molecule has 0 unspecified atom stereocenters. The van der Waals surface area contributed by atoms with E-state index in [0.29, 0.717) is 18.0 Å². The van der Waals surface area contributed by atoms with Gasteiger partial charge in [0.15, 0.2) is 0 Å². The van der Waals surface area contributed by atoms with E-state index in [1.54, 1.807) is 14.2 Å². The van der Waals surface area contributed by atoms with E-state index < -0.39 is 5.41 Å². The van der Waals surface area contributed by atoms with Crippen LogP contribution in [0.1, 0.15) is 36.8 Å². The van der Waals surface area contributed by atoms with Crippen LogP contribution in [-0.2, 0) is 16.8 Å². The Labute approximate surface area is 142 Å². The van der Waals surface area contributed by atoms with Gasteiger partial charge in [0, 0.05) is 25.0 Å². The van der Waals surface area contributed by atoms with E-state index in [4.69, 9.17) is 9.47 Å². The van der Waals surface area contributed by atoms with E-state index in [1.165, 1.54) is 0 Å². The van der Waals surface area contributed by atoms with E-state index in [0.717, 1.165) is 36.8 Å². The quantitative estimate of drug-likeness (QED) is 0.856. The van der Waals surface area contributed by atoms with Gasteiger partial charge < -0.3 is 19.8 Å². The van der Waals surface area contributed by atoms with E-state index in [1.807, 2.05) is 36.7 Å². The predicted octanol–water partition coefficient (Wildman–Crippen LogP) is 3.16. The molecule has 0 saturated heterocycles. The van der Waals surface area contributed by atoms with Gasteiger partial charge in [0.2, 0.25) is 5.91 Å². The number of amides is 1. The highest BCUT2D eigenvalue weighted by Gasteiger charge is 2.43. The number of H-pyrrole nitrogens is 1. The number of hydrogen-bond donors (Lipinski definition) is 2. The minimum atomic E-state index is -0.502. The Morgan fingerprint density at radius 2 is 1.83 bits per heavy atom. The SMILES string of the molecule is COc1cc(OC)cc(C2(C(=O)NCc3cc[nH]c3)CCCC2)c1. The second kappa shape index (κ2) is 6.99. The molecular formula is C19H24N2O3. The molecule has 1 amide bonds. The minimum Gasteiger partial charge on any atom is -0.497 e. The highest BCUT2D eigenvalue weighted by Crippen LogP contribution is 2.43. The zero-order valence-electron chi connectivity index (χ0n) is 14.2. The van der Waals surface area contributed by atoms with Crippen LogP contribution in [0.25, 0.3) is 0 Å². The molecule has 2 N–H and O–H groups in total. The Morgan fingerprint density at radius 1 is 1.17 bits per heavy atom. The molecule has 1 saturated carbocycles. The average Bonchev–Trinajstić information content (AvgIpc) is 3.31. The molecule has 5 nitrogen and oxygen atoms in total. The molecule has 128 valence electrons. The Balaban J connectivity index is 1.88. The molecule has 24 heavy (non-hydrogen) atoms. The van der Waals surface area contributed by atoms with Crippen LogP contribution in [0, 0.1) is 0 Å². The second-order valence-electron chi connectivity index (χ2n) is 6.29. The molecule has 0 radical (unpaired) electrons. The molecule has 1 aromatic carbocycles. The van der Waals surface area contributed by atoms with Crippen molar-refractivity contribution in [2.75, 3.05) is 14.2 Å². The number of nitrogens with one attached hydrogen (secondary N) is 2. The topological polar surface area (TPSA) is 63.4 Å². The van der Waals surface area contributed by atoms with Crippen LogP contribution >= 0.6 is 0 Å². The Bertz CT molecular complexity index is 666. The number of aromatic amines is 1. The first-order valence-electron chi connectivity index (χ1n) is 8.31. The van der Waals surface area contributed by atoms with Crippen LogP contribution in [-0.4, -0.2) is 25.1 Å². The van der Waals surface area contributed by atoms with Crippen molar-refractivity contribution in [2.24, 2.45) is 0 Å². The molecule has 1 aliphatic carbocycles. The molecule has 1 fully saturated rings. The number of carbonyl (C=O) groups excluding carboxylic acids is 1. The van der Waals surface area contributed by atoms with Gasteiger partial charge in [-0.3, -0.25) is 4.79 Å². The number of carbonyl (C=O) groups is 1. The maximum absolute atomic E-state index is 13.1. The van der Waals surface area contributed by atoms with Crippen molar-refractivity contribution < 1.29 is 14.3 Å². The lowest BCUT2D eigenvalue weighted by molar-refractivity contribution is -0.126. The van der Waals surface area contributed by atoms with Crippen LogP contribution in [0.3, 0.4) is 0 Å². The van der Waals surface area contributed by atoms with Gasteiger partial charge >= 0.3 is 0 Å². The highest BCUT2D eigenvalue weighted by atomic mass is 16.5. The molecule has 1 aromatic heterocycles. The van der Waals surface area contributed by atoms with Crippen LogP contribution in [0.5, 0.6) is 11.5 Å². The lowest BCUT2D eigenvalue weighted by Gasteiger charge is -2.29. The lowest BCUT2D eigenvalue weighted by atomic mass is 9.77. The molecule has 2 aromatic rings. The largest absolute Gasteiger partial charge is 0.497 e. The van der Waals surface area contributed by atoms with Crippen LogP contribution in [0.4, 0.5) is 0 Å². The van der Waals surface area contributed by atoms with E-state index >= 15 is 0 Å². The summed E-state index contributed by atoms with van der Waals surface area (Å²) in [5.41, 5.74) is 1.54. The van der Waals surface area contributed by atoms with Gasteiger partial charge in [-0.2, -0.15) is 0 Å². The van der Waals surface area contributed by atoms with Crippen molar-refractivity contribution in [1.82, 2.24) is 10.3 Å². The van der Waals surface area contributed by atoms with Crippen LogP contribution in [0.2, 0.25) is 0 Å². The number of benzene rings is 1. The molecule has 0 spiro atoms. The molecule has 0 atom stereocenters. The van der Waals surface area contributed by atoms with Gasteiger partial charge in [-0.1, -0.05) is 12.8 Å². The summed E-state index contributed by atoms with van der Waals surface area (Å²) in [5.74, 6) is 1.51. The van der Waals surface area contributed by atoms with Gasteiger partial charge in [0.25, 0.3) is 0 Å². The summed E-state index contributed by atoms with van der Waals surface area (Å²) in [6.07, 6.45) is 7.56. The Kier molecular flexibility index (Phi) is 4.79. The van der Waals surface area contributed by atoms with E-state index in [2.05, 4.69) is 10.3 Å². The third-order valence-electron chi connectivity index (χ3n) is 4.91. The van der Waals surface area contributed by atoms with E-state index in [9.17, 15) is 4.79 Å². The molecule has 1 aliphatic rings. The molecule has 1 heterocycles. The smallest absolute Gasteiger partial charge is 0.230 e. The van der Waals surface area contributed by atoms with E-state index in [-0.39, 0.29) is 5.91 Å². The summed E-state index contributed by atoms with van der Waals surface area (Å²) in [7, 11) is 3.26. The first kappa shape index (κ1) is 16.4.